The van der Waals surface area contributed by atoms with E-state index in [-0.39, 0.29) is 5.82 Å². The molecule has 0 aliphatic carbocycles. The summed E-state index contributed by atoms with van der Waals surface area (Å²) in [6, 6.07) is 0. The summed E-state index contributed by atoms with van der Waals surface area (Å²) in [5, 5.41) is 11.0. The smallest absolute Gasteiger partial charge is 0.305 e. The first kappa shape index (κ1) is 10.8. The predicted molar refractivity (Wildman–Crippen MR) is 49.8 cm³/mol. The molecule has 0 bridgehead atoms. The molecule has 4 heteroatoms. The molecule has 1 rings (SSSR count). The van der Waals surface area contributed by atoms with Crippen LogP contribution >= 0.6 is 0 Å². The van der Waals surface area contributed by atoms with E-state index in [9.17, 15) is 9.90 Å². The van der Waals surface area contributed by atoms with Crippen LogP contribution in [0.2, 0.25) is 0 Å². The van der Waals surface area contributed by atoms with Crippen molar-refractivity contribution < 1.29 is 14.5 Å². The van der Waals surface area contributed by atoms with E-state index >= 15 is 0 Å². The van der Waals surface area contributed by atoms with Gasteiger partial charge in [-0.2, -0.15) is 0 Å². The Kier molecular flexibility index (Phi) is 2.93. The quantitative estimate of drug-likeness (QED) is 0.628. The van der Waals surface area contributed by atoms with Gasteiger partial charge in [-0.3, -0.25) is 0 Å². The molecule has 1 aromatic heterocycles. The zero-order valence-electron chi connectivity index (χ0n) is 9.13. The second-order valence-electron chi connectivity index (χ2n) is 3.27. The molecule has 0 N–H and O–H groups in total. The summed E-state index contributed by atoms with van der Waals surface area (Å²) >= 11 is 0. The summed E-state index contributed by atoms with van der Waals surface area (Å²) in [6.45, 7) is 9.03. The Morgan fingerprint density at radius 1 is 1.43 bits per heavy atom. The van der Waals surface area contributed by atoms with Gasteiger partial charge >= 0.3 is 5.82 Å². The minimum atomic E-state index is -1.11. The maximum Gasteiger partial charge on any atom is 0.305 e. The Labute approximate surface area is 83.8 Å². The lowest BCUT2D eigenvalue weighted by Gasteiger charge is -2.02. The van der Waals surface area contributed by atoms with Gasteiger partial charge in [-0.05, 0) is 13.8 Å². The molecule has 0 unspecified atom stereocenters. The standard InChI is InChI=1S/C10H16N2O2/c1-5-11-7(3)8(4)12(6-2)9(11)10(13)14/h5-6H2,1-4H3. The number of imidazole rings is 1. The van der Waals surface area contributed by atoms with E-state index in [1.165, 1.54) is 0 Å². The van der Waals surface area contributed by atoms with E-state index < -0.39 is 5.97 Å². The first-order chi connectivity index (χ1) is 6.54. The van der Waals surface area contributed by atoms with Gasteiger partial charge in [0.25, 0.3) is 0 Å². The number of carbonyl (C=O) groups is 1. The maximum absolute atomic E-state index is 11.0. The van der Waals surface area contributed by atoms with Crippen molar-refractivity contribution in [3.63, 3.8) is 0 Å². The highest BCUT2D eigenvalue weighted by molar-refractivity contribution is 5.80. The molecule has 0 spiro atoms. The Hall–Kier alpha value is -1.32. The lowest BCUT2D eigenvalue weighted by atomic mass is 10.3. The monoisotopic (exact) mass is 196 g/mol. The van der Waals surface area contributed by atoms with Crippen LogP contribution in [0, 0.1) is 13.8 Å². The van der Waals surface area contributed by atoms with E-state index in [0.29, 0.717) is 13.1 Å². The van der Waals surface area contributed by atoms with Crippen LogP contribution in [0.25, 0.3) is 0 Å². The number of aromatic nitrogens is 2. The van der Waals surface area contributed by atoms with E-state index in [0.717, 1.165) is 11.4 Å². The molecular weight excluding hydrogens is 180 g/mol. The Morgan fingerprint density at radius 2 is 2.00 bits per heavy atom. The van der Waals surface area contributed by atoms with Crippen LogP contribution in [0.5, 0.6) is 0 Å². The van der Waals surface area contributed by atoms with E-state index in [4.69, 9.17) is 0 Å². The second-order valence-corrected chi connectivity index (χ2v) is 3.27. The summed E-state index contributed by atoms with van der Waals surface area (Å²) in [4.78, 5) is 11.0. The minimum Gasteiger partial charge on any atom is -0.538 e. The van der Waals surface area contributed by atoms with Gasteiger partial charge in [0.1, 0.15) is 11.4 Å². The second kappa shape index (κ2) is 3.82. The predicted octanol–water partition coefficient (Wildman–Crippen LogP) is -0.204. The summed E-state index contributed by atoms with van der Waals surface area (Å²) in [6.07, 6.45) is 0. The molecular formula is C10H16N2O2. The molecule has 14 heavy (non-hydrogen) atoms. The number of nitrogens with zero attached hydrogens (tertiary/aromatic N) is 2. The highest BCUT2D eigenvalue weighted by Gasteiger charge is 2.24. The van der Waals surface area contributed by atoms with Crippen LogP contribution in [0.1, 0.15) is 35.9 Å². The van der Waals surface area contributed by atoms with Gasteiger partial charge in [-0.25, -0.2) is 9.13 Å². The van der Waals surface area contributed by atoms with Crippen molar-refractivity contribution in [2.24, 2.45) is 0 Å². The van der Waals surface area contributed by atoms with Crippen LogP contribution in [0.3, 0.4) is 0 Å². The Bertz CT molecular complexity index is 339. The Balaban J connectivity index is 3.49. The number of carboxylic acid groups (broad SMARTS) is 1. The van der Waals surface area contributed by atoms with Crippen LogP contribution in [0.4, 0.5) is 0 Å². The highest BCUT2D eigenvalue weighted by atomic mass is 16.4. The largest absolute Gasteiger partial charge is 0.538 e. The van der Waals surface area contributed by atoms with Crippen LogP contribution in [-0.2, 0) is 13.1 Å². The maximum atomic E-state index is 11.0. The van der Waals surface area contributed by atoms with Crippen molar-refractivity contribution in [2.45, 2.75) is 40.8 Å². The summed E-state index contributed by atoms with van der Waals surface area (Å²) in [5.41, 5.74) is 1.99. The third-order valence-corrected chi connectivity index (χ3v) is 2.66. The fraction of sp³-hybridized carbons (Fsp3) is 0.600. The molecule has 4 nitrogen and oxygen atoms in total. The van der Waals surface area contributed by atoms with Gasteiger partial charge < -0.3 is 9.90 Å². The van der Waals surface area contributed by atoms with E-state index in [2.05, 4.69) is 0 Å². The number of hydrogen-bond donors (Lipinski definition) is 0. The number of rotatable bonds is 3. The fourth-order valence-corrected chi connectivity index (χ4v) is 1.85. The highest BCUT2D eigenvalue weighted by Crippen LogP contribution is 2.07. The van der Waals surface area contributed by atoms with E-state index in [1.807, 2.05) is 27.7 Å². The molecule has 0 aromatic carbocycles. The molecule has 0 radical (unpaired) electrons. The fourth-order valence-electron chi connectivity index (χ4n) is 1.85. The van der Waals surface area contributed by atoms with Gasteiger partial charge in [0.05, 0.1) is 13.1 Å². The number of aromatic carboxylic acids is 1. The number of carboxylic acids is 1. The lowest BCUT2D eigenvalue weighted by molar-refractivity contribution is -0.703. The molecule has 1 heterocycles. The first-order valence-corrected chi connectivity index (χ1v) is 4.85. The third-order valence-electron chi connectivity index (χ3n) is 2.66. The van der Waals surface area contributed by atoms with Crippen LogP contribution in [-0.4, -0.2) is 10.5 Å². The SMILES string of the molecule is CCn1c(C)c(C)[n+](CC)c1C(=O)[O-]. The van der Waals surface area contributed by atoms with Crippen molar-refractivity contribution in [3.05, 3.63) is 17.2 Å². The topological polar surface area (TPSA) is 48.9 Å². The molecule has 0 fully saturated rings. The average Bonchev–Trinajstić information content (AvgIpc) is 2.39. The van der Waals surface area contributed by atoms with Crippen molar-refractivity contribution >= 4 is 5.97 Å². The van der Waals surface area contributed by atoms with Crippen molar-refractivity contribution in [1.82, 2.24) is 4.57 Å². The molecule has 0 saturated heterocycles. The molecule has 78 valence electrons. The zero-order valence-corrected chi connectivity index (χ0v) is 9.13. The lowest BCUT2D eigenvalue weighted by Crippen LogP contribution is -2.45. The van der Waals surface area contributed by atoms with Gasteiger partial charge in [0.15, 0.2) is 5.97 Å². The molecule has 0 amide bonds. The summed E-state index contributed by atoms with van der Waals surface area (Å²) < 4.78 is 3.54. The summed E-state index contributed by atoms with van der Waals surface area (Å²) in [5.74, 6) is -0.838. The first-order valence-electron chi connectivity index (χ1n) is 4.85. The minimum absolute atomic E-state index is 0.269. The number of hydrogen-bond acceptors (Lipinski definition) is 2. The van der Waals surface area contributed by atoms with Crippen LogP contribution in [0.15, 0.2) is 0 Å². The van der Waals surface area contributed by atoms with Gasteiger partial charge in [-0.1, -0.05) is 0 Å². The van der Waals surface area contributed by atoms with Gasteiger partial charge in [0.2, 0.25) is 0 Å². The zero-order chi connectivity index (χ0) is 10.9. The average molecular weight is 196 g/mol. The normalized spacial score (nSPS) is 10.6. The molecule has 0 aliphatic rings. The molecule has 0 aliphatic heterocycles. The van der Waals surface area contributed by atoms with Crippen molar-refractivity contribution in [3.8, 4) is 0 Å². The van der Waals surface area contributed by atoms with Crippen molar-refractivity contribution in [2.75, 3.05) is 0 Å². The molecule has 0 saturated carbocycles. The molecule has 0 atom stereocenters. The third kappa shape index (κ3) is 1.41. The van der Waals surface area contributed by atoms with Crippen molar-refractivity contribution in [1.29, 1.82) is 0 Å². The van der Waals surface area contributed by atoms with Gasteiger partial charge in [-0.15, -0.1) is 0 Å². The summed E-state index contributed by atoms with van der Waals surface area (Å²) in [7, 11) is 0. The van der Waals surface area contributed by atoms with Crippen LogP contribution < -0.4 is 9.67 Å². The number of carbonyl (C=O) groups excluding carboxylic acids is 1. The van der Waals surface area contributed by atoms with Gasteiger partial charge in [0, 0.05) is 13.8 Å². The van der Waals surface area contributed by atoms with E-state index in [1.54, 1.807) is 9.13 Å². The molecule has 1 aromatic rings. The Morgan fingerprint density at radius 3 is 2.36 bits per heavy atom.